The first-order valence-corrected chi connectivity index (χ1v) is 6.14. The highest BCUT2D eigenvalue weighted by Crippen LogP contribution is 2.29. The van der Waals surface area contributed by atoms with Crippen LogP contribution in [0.25, 0.3) is 0 Å². The standard InChI is InChI=1S/C15H12F2O4/c1-2-20-10-3-5-11(6-4-10)21-14-12(16)7-9(15(18)19)8-13(14)17/h3-8H,2H2,1H3,(H,18,19). The number of carboxylic acid groups (broad SMARTS) is 1. The summed E-state index contributed by atoms with van der Waals surface area (Å²) < 4.78 is 37.7. The van der Waals surface area contributed by atoms with Gasteiger partial charge in [-0.05, 0) is 43.3 Å². The number of hydrogen-bond donors (Lipinski definition) is 1. The predicted octanol–water partition coefficient (Wildman–Crippen LogP) is 3.85. The third kappa shape index (κ3) is 3.47. The summed E-state index contributed by atoms with van der Waals surface area (Å²) in [6.07, 6.45) is 0. The van der Waals surface area contributed by atoms with Crippen LogP contribution in [0.1, 0.15) is 17.3 Å². The number of carboxylic acids is 1. The maximum absolute atomic E-state index is 13.7. The summed E-state index contributed by atoms with van der Waals surface area (Å²) in [7, 11) is 0. The summed E-state index contributed by atoms with van der Waals surface area (Å²) in [5.74, 6) is -3.42. The third-order valence-electron chi connectivity index (χ3n) is 2.60. The molecule has 6 heteroatoms. The molecule has 0 aromatic heterocycles. The van der Waals surface area contributed by atoms with Gasteiger partial charge in [-0.25, -0.2) is 13.6 Å². The Bertz CT molecular complexity index is 630. The molecular weight excluding hydrogens is 282 g/mol. The second-order valence-corrected chi connectivity index (χ2v) is 4.08. The molecule has 0 atom stereocenters. The molecule has 110 valence electrons. The largest absolute Gasteiger partial charge is 0.494 e. The Hall–Kier alpha value is -2.63. The molecule has 0 heterocycles. The summed E-state index contributed by atoms with van der Waals surface area (Å²) >= 11 is 0. The Balaban J connectivity index is 2.25. The van der Waals surface area contributed by atoms with Crippen molar-refractivity contribution in [3.8, 4) is 17.2 Å². The van der Waals surface area contributed by atoms with Crippen LogP contribution >= 0.6 is 0 Å². The summed E-state index contributed by atoms with van der Waals surface area (Å²) in [4.78, 5) is 10.7. The highest BCUT2D eigenvalue weighted by molar-refractivity contribution is 5.87. The molecule has 0 aliphatic heterocycles. The molecule has 2 aromatic carbocycles. The van der Waals surface area contributed by atoms with E-state index in [0.717, 1.165) is 0 Å². The molecule has 2 rings (SSSR count). The number of hydrogen-bond acceptors (Lipinski definition) is 3. The van der Waals surface area contributed by atoms with Gasteiger partial charge in [0.05, 0.1) is 12.2 Å². The van der Waals surface area contributed by atoms with Crippen molar-refractivity contribution in [1.29, 1.82) is 0 Å². The van der Waals surface area contributed by atoms with Gasteiger partial charge in [0.15, 0.2) is 17.4 Å². The molecule has 21 heavy (non-hydrogen) atoms. The van der Waals surface area contributed by atoms with E-state index in [1.807, 2.05) is 6.92 Å². The van der Waals surface area contributed by atoms with Crippen molar-refractivity contribution >= 4 is 5.97 Å². The van der Waals surface area contributed by atoms with Crippen molar-refractivity contribution in [3.63, 3.8) is 0 Å². The van der Waals surface area contributed by atoms with Gasteiger partial charge in [0.25, 0.3) is 0 Å². The molecule has 2 aromatic rings. The van der Waals surface area contributed by atoms with Crippen LogP contribution in [-0.2, 0) is 0 Å². The molecule has 0 unspecified atom stereocenters. The van der Waals surface area contributed by atoms with Crippen molar-refractivity contribution in [1.82, 2.24) is 0 Å². The van der Waals surface area contributed by atoms with E-state index in [2.05, 4.69) is 0 Å². The summed E-state index contributed by atoms with van der Waals surface area (Å²) in [6, 6.07) is 7.59. The van der Waals surface area contributed by atoms with E-state index < -0.39 is 28.9 Å². The molecule has 0 saturated carbocycles. The van der Waals surface area contributed by atoms with E-state index in [9.17, 15) is 13.6 Å². The van der Waals surface area contributed by atoms with Crippen LogP contribution in [-0.4, -0.2) is 17.7 Å². The lowest BCUT2D eigenvalue weighted by atomic mass is 10.2. The highest BCUT2D eigenvalue weighted by Gasteiger charge is 2.16. The molecule has 0 fully saturated rings. The van der Waals surface area contributed by atoms with E-state index in [1.165, 1.54) is 12.1 Å². The first-order valence-electron chi connectivity index (χ1n) is 6.14. The minimum absolute atomic E-state index is 0.208. The Labute approximate surface area is 119 Å². The molecule has 0 amide bonds. The van der Waals surface area contributed by atoms with E-state index in [4.69, 9.17) is 14.6 Å². The fourth-order valence-corrected chi connectivity index (χ4v) is 1.67. The molecule has 0 aliphatic rings. The zero-order valence-corrected chi connectivity index (χ0v) is 11.1. The van der Waals surface area contributed by atoms with Crippen LogP contribution in [0, 0.1) is 11.6 Å². The lowest BCUT2D eigenvalue weighted by Crippen LogP contribution is -2.01. The van der Waals surface area contributed by atoms with Gasteiger partial charge >= 0.3 is 5.97 Å². The van der Waals surface area contributed by atoms with Crippen LogP contribution in [0.15, 0.2) is 36.4 Å². The highest BCUT2D eigenvalue weighted by atomic mass is 19.1. The first kappa shape index (κ1) is 14.8. The minimum atomic E-state index is -1.42. The van der Waals surface area contributed by atoms with Gasteiger partial charge < -0.3 is 14.6 Å². The second kappa shape index (κ2) is 6.21. The molecule has 0 radical (unpaired) electrons. The lowest BCUT2D eigenvalue weighted by molar-refractivity contribution is 0.0695. The average Bonchev–Trinajstić information content (AvgIpc) is 2.44. The minimum Gasteiger partial charge on any atom is -0.494 e. The smallest absolute Gasteiger partial charge is 0.335 e. The Morgan fingerprint density at radius 2 is 1.62 bits per heavy atom. The third-order valence-corrected chi connectivity index (χ3v) is 2.60. The van der Waals surface area contributed by atoms with Gasteiger partial charge in [-0.15, -0.1) is 0 Å². The van der Waals surface area contributed by atoms with Crippen molar-refractivity contribution in [2.45, 2.75) is 6.92 Å². The van der Waals surface area contributed by atoms with E-state index in [1.54, 1.807) is 12.1 Å². The zero-order chi connectivity index (χ0) is 15.4. The SMILES string of the molecule is CCOc1ccc(Oc2c(F)cc(C(=O)O)cc2F)cc1. The molecule has 0 spiro atoms. The monoisotopic (exact) mass is 294 g/mol. The molecule has 1 N–H and O–H groups in total. The maximum atomic E-state index is 13.7. The average molecular weight is 294 g/mol. The number of aromatic carboxylic acids is 1. The normalized spacial score (nSPS) is 10.2. The quantitative estimate of drug-likeness (QED) is 0.910. The summed E-state index contributed by atoms with van der Waals surface area (Å²) in [5, 5.41) is 8.71. The molecule has 0 bridgehead atoms. The predicted molar refractivity (Wildman–Crippen MR) is 71.0 cm³/mol. The molecule has 4 nitrogen and oxygen atoms in total. The Kier molecular flexibility index (Phi) is 4.37. The zero-order valence-electron chi connectivity index (χ0n) is 11.1. The van der Waals surface area contributed by atoms with Gasteiger partial charge in [0.1, 0.15) is 11.5 Å². The van der Waals surface area contributed by atoms with Gasteiger partial charge in [-0.1, -0.05) is 0 Å². The van der Waals surface area contributed by atoms with Gasteiger partial charge in [-0.2, -0.15) is 0 Å². The number of benzene rings is 2. The summed E-state index contributed by atoms with van der Waals surface area (Å²) in [6.45, 7) is 2.33. The number of carbonyl (C=O) groups is 1. The maximum Gasteiger partial charge on any atom is 0.335 e. The molecule has 0 aliphatic carbocycles. The van der Waals surface area contributed by atoms with Gasteiger partial charge in [-0.3, -0.25) is 0 Å². The van der Waals surface area contributed by atoms with Crippen molar-refractivity contribution < 1.29 is 28.2 Å². The van der Waals surface area contributed by atoms with Gasteiger partial charge in [0.2, 0.25) is 0 Å². The molecule has 0 saturated heterocycles. The number of rotatable bonds is 5. The van der Waals surface area contributed by atoms with E-state index in [0.29, 0.717) is 24.5 Å². The van der Waals surface area contributed by atoms with Crippen LogP contribution in [0.2, 0.25) is 0 Å². The topological polar surface area (TPSA) is 55.8 Å². The van der Waals surface area contributed by atoms with Crippen molar-refractivity contribution in [2.75, 3.05) is 6.61 Å². The van der Waals surface area contributed by atoms with Crippen molar-refractivity contribution in [3.05, 3.63) is 53.6 Å². The lowest BCUT2D eigenvalue weighted by Gasteiger charge is -2.09. The number of ether oxygens (including phenoxy) is 2. The van der Waals surface area contributed by atoms with Crippen LogP contribution in [0.3, 0.4) is 0 Å². The van der Waals surface area contributed by atoms with Crippen LogP contribution < -0.4 is 9.47 Å². The molecular formula is C15H12F2O4. The fourth-order valence-electron chi connectivity index (χ4n) is 1.67. The Morgan fingerprint density at radius 1 is 1.10 bits per heavy atom. The van der Waals surface area contributed by atoms with Crippen LogP contribution in [0.5, 0.6) is 17.2 Å². The number of halogens is 2. The van der Waals surface area contributed by atoms with Crippen molar-refractivity contribution in [2.24, 2.45) is 0 Å². The fraction of sp³-hybridized carbons (Fsp3) is 0.133. The van der Waals surface area contributed by atoms with Gasteiger partial charge in [0, 0.05) is 0 Å². The van der Waals surface area contributed by atoms with E-state index in [-0.39, 0.29) is 5.75 Å². The summed E-state index contributed by atoms with van der Waals surface area (Å²) in [5.41, 5.74) is -0.482. The van der Waals surface area contributed by atoms with E-state index >= 15 is 0 Å². The first-order chi connectivity index (χ1) is 10.0. The second-order valence-electron chi connectivity index (χ2n) is 4.08. The Morgan fingerprint density at radius 3 is 2.10 bits per heavy atom. The van der Waals surface area contributed by atoms with Crippen LogP contribution in [0.4, 0.5) is 8.78 Å².